The average molecular weight is 321 g/mol. The van der Waals surface area contributed by atoms with Crippen LogP contribution in [0.2, 0.25) is 5.02 Å². The quantitative estimate of drug-likeness (QED) is 0.672. The molecule has 0 aliphatic rings. The molecule has 0 saturated carbocycles. The molecule has 3 aromatic rings. The summed E-state index contributed by atoms with van der Waals surface area (Å²) in [7, 11) is 1.82. The molecule has 0 atom stereocenters. The van der Waals surface area contributed by atoms with Gasteiger partial charge in [0.25, 0.3) is 5.91 Å². The number of fused-ring (bicyclic) bond motifs is 1. The zero-order valence-corrected chi connectivity index (χ0v) is 12.6. The van der Waals surface area contributed by atoms with Gasteiger partial charge in [0, 0.05) is 17.6 Å². The molecule has 0 unspecified atom stereocenters. The molecule has 21 heavy (non-hydrogen) atoms. The standard InChI is InChI=1S/C15H10ClFN2OS/c1-19-12-6-5-10(16)8-13(12)21-15(19)18-14(20)9-3-2-4-11(17)7-9/h2-8H,1H3. The van der Waals surface area contributed by atoms with Crippen molar-refractivity contribution >= 4 is 39.1 Å². The van der Waals surface area contributed by atoms with Gasteiger partial charge in [-0.25, -0.2) is 4.39 Å². The molecule has 106 valence electrons. The molecule has 1 amide bonds. The SMILES string of the molecule is Cn1c(=NC(=O)c2cccc(F)c2)sc2cc(Cl)ccc21. The second-order valence-electron chi connectivity index (χ2n) is 4.48. The minimum Gasteiger partial charge on any atom is -0.319 e. The van der Waals surface area contributed by atoms with Gasteiger partial charge >= 0.3 is 0 Å². The van der Waals surface area contributed by atoms with E-state index in [-0.39, 0.29) is 5.56 Å². The molecule has 1 aromatic heterocycles. The molecular weight excluding hydrogens is 311 g/mol. The predicted octanol–water partition coefficient (Wildman–Crippen LogP) is 3.77. The van der Waals surface area contributed by atoms with Gasteiger partial charge in [-0.3, -0.25) is 4.79 Å². The summed E-state index contributed by atoms with van der Waals surface area (Å²) in [4.78, 5) is 16.7. The number of hydrogen-bond acceptors (Lipinski definition) is 2. The summed E-state index contributed by atoms with van der Waals surface area (Å²) in [5, 5.41) is 0.632. The summed E-state index contributed by atoms with van der Waals surface area (Å²) in [6.07, 6.45) is 0. The minimum absolute atomic E-state index is 0.227. The third kappa shape index (κ3) is 2.75. The highest BCUT2D eigenvalue weighted by molar-refractivity contribution is 7.16. The van der Waals surface area contributed by atoms with Crippen molar-refractivity contribution in [1.82, 2.24) is 4.57 Å². The number of amides is 1. The van der Waals surface area contributed by atoms with Crippen molar-refractivity contribution in [2.45, 2.75) is 0 Å². The van der Waals surface area contributed by atoms with E-state index in [0.29, 0.717) is 9.82 Å². The van der Waals surface area contributed by atoms with Crippen molar-refractivity contribution in [3.8, 4) is 0 Å². The first kappa shape index (κ1) is 14.0. The summed E-state index contributed by atoms with van der Waals surface area (Å²) in [5.74, 6) is -0.925. The Kier molecular flexibility index (Phi) is 3.61. The summed E-state index contributed by atoms with van der Waals surface area (Å²) in [5.41, 5.74) is 1.17. The van der Waals surface area contributed by atoms with E-state index in [2.05, 4.69) is 4.99 Å². The number of rotatable bonds is 1. The van der Waals surface area contributed by atoms with E-state index in [4.69, 9.17) is 11.6 Å². The monoisotopic (exact) mass is 320 g/mol. The Morgan fingerprint density at radius 3 is 2.86 bits per heavy atom. The fourth-order valence-electron chi connectivity index (χ4n) is 1.99. The Balaban J connectivity index is 2.11. The molecule has 0 spiro atoms. The number of aromatic nitrogens is 1. The fraction of sp³-hybridized carbons (Fsp3) is 0.0667. The van der Waals surface area contributed by atoms with Crippen molar-refractivity contribution in [1.29, 1.82) is 0 Å². The highest BCUT2D eigenvalue weighted by atomic mass is 35.5. The Labute approximate surface area is 128 Å². The normalized spacial score (nSPS) is 12.0. The van der Waals surface area contributed by atoms with Crippen LogP contribution in [0.1, 0.15) is 10.4 Å². The number of nitrogens with zero attached hydrogens (tertiary/aromatic N) is 2. The molecule has 0 radical (unpaired) electrons. The lowest BCUT2D eigenvalue weighted by Crippen LogP contribution is -2.13. The van der Waals surface area contributed by atoms with Gasteiger partial charge in [0.05, 0.1) is 10.2 Å². The van der Waals surface area contributed by atoms with Crippen LogP contribution in [0.4, 0.5) is 4.39 Å². The number of benzene rings is 2. The Bertz CT molecular complexity index is 913. The van der Waals surface area contributed by atoms with Crippen molar-refractivity contribution in [2.24, 2.45) is 12.0 Å². The number of hydrogen-bond donors (Lipinski definition) is 0. The van der Waals surface area contributed by atoms with Crippen molar-refractivity contribution in [2.75, 3.05) is 0 Å². The topological polar surface area (TPSA) is 34.4 Å². The first-order valence-electron chi connectivity index (χ1n) is 6.14. The molecule has 0 N–H and O–H groups in total. The summed E-state index contributed by atoms with van der Waals surface area (Å²) < 4.78 is 15.9. The van der Waals surface area contributed by atoms with Crippen molar-refractivity contribution in [3.63, 3.8) is 0 Å². The van der Waals surface area contributed by atoms with Crippen LogP contribution in [0.3, 0.4) is 0 Å². The fourth-order valence-corrected chi connectivity index (χ4v) is 3.28. The zero-order valence-electron chi connectivity index (χ0n) is 11.0. The molecule has 3 nitrogen and oxygen atoms in total. The Hall–Kier alpha value is -1.98. The van der Waals surface area contributed by atoms with Crippen LogP contribution in [-0.4, -0.2) is 10.5 Å². The third-order valence-electron chi connectivity index (χ3n) is 3.04. The maximum Gasteiger partial charge on any atom is 0.279 e. The van der Waals surface area contributed by atoms with E-state index in [0.717, 1.165) is 10.2 Å². The zero-order chi connectivity index (χ0) is 15.0. The molecular formula is C15H10ClFN2OS. The molecule has 3 rings (SSSR count). The molecule has 0 aliphatic carbocycles. The van der Waals surface area contributed by atoms with Gasteiger partial charge in [-0.15, -0.1) is 0 Å². The van der Waals surface area contributed by atoms with Crippen LogP contribution in [0.25, 0.3) is 10.2 Å². The van der Waals surface area contributed by atoms with Crippen LogP contribution in [0.15, 0.2) is 47.5 Å². The largest absolute Gasteiger partial charge is 0.319 e. The molecule has 0 saturated heterocycles. The third-order valence-corrected chi connectivity index (χ3v) is 4.37. The van der Waals surface area contributed by atoms with Gasteiger partial charge in [-0.2, -0.15) is 4.99 Å². The van der Waals surface area contributed by atoms with E-state index in [1.54, 1.807) is 12.1 Å². The van der Waals surface area contributed by atoms with E-state index in [9.17, 15) is 9.18 Å². The van der Waals surface area contributed by atoms with E-state index >= 15 is 0 Å². The Morgan fingerprint density at radius 1 is 1.29 bits per heavy atom. The van der Waals surface area contributed by atoms with Crippen LogP contribution in [-0.2, 0) is 7.05 Å². The smallest absolute Gasteiger partial charge is 0.279 e. The number of carbonyl (C=O) groups excluding carboxylic acids is 1. The lowest BCUT2D eigenvalue weighted by atomic mass is 10.2. The lowest BCUT2D eigenvalue weighted by molar-refractivity contribution is 0.0997. The Morgan fingerprint density at radius 2 is 2.10 bits per heavy atom. The number of thiazole rings is 1. The second kappa shape index (κ2) is 5.42. The second-order valence-corrected chi connectivity index (χ2v) is 5.93. The van der Waals surface area contributed by atoms with Gasteiger partial charge in [0.2, 0.25) is 0 Å². The number of aryl methyl sites for hydroxylation is 1. The summed E-state index contributed by atoms with van der Waals surface area (Å²) in [6.45, 7) is 0. The molecule has 1 heterocycles. The minimum atomic E-state index is -0.470. The van der Waals surface area contributed by atoms with Crippen molar-refractivity contribution in [3.05, 3.63) is 63.7 Å². The summed E-state index contributed by atoms with van der Waals surface area (Å²) in [6, 6.07) is 11.0. The highest BCUT2D eigenvalue weighted by Crippen LogP contribution is 2.21. The molecule has 6 heteroatoms. The highest BCUT2D eigenvalue weighted by Gasteiger charge is 2.08. The molecule has 0 aliphatic heterocycles. The first-order valence-corrected chi connectivity index (χ1v) is 7.34. The molecule has 0 bridgehead atoms. The van der Waals surface area contributed by atoms with Crippen LogP contribution in [0.5, 0.6) is 0 Å². The molecule has 2 aromatic carbocycles. The predicted molar refractivity (Wildman–Crippen MR) is 82.1 cm³/mol. The maximum absolute atomic E-state index is 13.1. The van der Waals surface area contributed by atoms with E-state index < -0.39 is 11.7 Å². The first-order chi connectivity index (χ1) is 10.0. The van der Waals surface area contributed by atoms with Gasteiger partial charge in [-0.1, -0.05) is 29.0 Å². The number of carbonyl (C=O) groups is 1. The van der Waals surface area contributed by atoms with Gasteiger partial charge in [0.1, 0.15) is 5.82 Å². The maximum atomic E-state index is 13.1. The van der Waals surface area contributed by atoms with Gasteiger partial charge < -0.3 is 4.57 Å². The number of halogens is 2. The van der Waals surface area contributed by atoms with Crippen LogP contribution < -0.4 is 4.80 Å². The van der Waals surface area contributed by atoms with Crippen LogP contribution >= 0.6 is 22.9 Å². The lowest BCUT2D eigenvalue weighted by Gasteiger charge is -1.96. The van der Waals surface area contributed by atoms with Crippen molar-refractivity contribution < 1.29 is 9.18 Å². The summed E-state index contributed by atoms with van der Waals surface area (Å²) >= 11 is 7.32. The van der Waals surface area contributed by atoms with E-state index in [1.807, 2.05) is 23.7 Å². The average Bonchev–Trinajstić information content (AvgIpc) is 2.74. The van der Waals surface area contributed by atoms with Gasteiger partial charge in [-0.05, 0) is 36.4 Å². The van der Waals surface area contributed by atoms with Gasteiger partial charge in [0.15, 0.2) is 4.80 Å². The van der Waals surface area contributed by atoms with E-state index in [1.165, 1.54) is 29.5 Å². The molecule has 0 fully saturated rings. The van der Waals surface area contributed by atoms with Crippen LogP contribution in [0, 0.1) is 5.82 Å².